The summed E-state index contributed by atoms with van der Waals surface area (Å²) < 4.78 is 4.75. The fourth-order valence-electron chi connectivity index (χ4n) is 0.590. The second kappa shape index (κ2) is 2.53. The third-order valence-electron chi connectivity index (χ3n) is 1.12. The summed E-state index contributed by atoms with van der Waals surface area (Å²) in [4.78, 5) is 10.2. The predicted octanol–water partition coefficient (Wildman–Crippen LogP) is 0.364. The summed E-state index contributed by atoms with van der Waals surface area (Å²) >= 11 is 0. The summed E-state index contributed by atoms with van der Waals surface area (Å²) in [6, 6.07) is 2.08. The number of nitrogens with two attached hydrogens (primary N) is 1. The van der Waals surface area contributed by atoms with Crippen molar-refractivity contribution in [2.45, 2.75) is 6.04 Å². The van der Waals surface area contributed by atoms with Gasteiger partial charge in [-0.05, 0) is 12.1 Å². The molecule has 1 heterocycles. The van der Waals surface area contributed by atoms with Crippen molar-refractivity contribution in [1.82, 2.24) is 0 Å². The van der Waals surface area contributed by atoms with E-state index in [4.69, 9.17) is 15.3 Å². The second-order valence-corrected chi connectivity index (χ2v) is 1.83. The SMILES string of the molecule is N[C@H](C(=O)O)c1ccco1. The quantitative estimate of drug-likeness (QED) is 0.623. The Hall–Kier alpha value is -1.29. The molecule has 0 aromatic carbocycles. The summed E-state index contributed by atoms with van der Waals surface area (Å²) in [5.41, 5.74) is 5.19. The zero-order valence-corrected chi connectivity index (χ0v) is 5.15. The van der Waals surface area contributed by atoms with Crippen molar-refractivity contribution in [3.8, 4) is 0 Å². The fourth-order valence-corrected chi connectivity index (χ4v) is 0.590. The van der Waals surface area contributed by atoms with Gasteiger partial charge in [-0.2, -0.15) is 0 Å². The van der Waals surface area contributed by atoms with Crippen LogP contribution in [0.1, 0.15) is 11.8 Å². The first-order valence-corrected chi connectivity index (χ1v) is 2.73. The summed E-state index contributed by atoms with van der Waals surface area (Å²) in [5, 5.41) is 8.37. The van der Waals surface area contributed by atoms with Crippen molar-refractivity contribution in [3.63, 3.8) is 0 Å². The van der Waals surface area contributed by atoms with Gasteiger partial charge in [-0.3, -0.25) is 4.79 Å². The number of hydrogen-bond donors (Lipinski definition) is 2. The van der Waals surface area contributed by atoms with Gasteiger partial charge in [-0.15, -0.1) is 0 Å². The molecule has 0 spiro atoms. The maximum Gasteiger partial charge on any atom is 0.328 e. The van der Waals surface area contributed by atoms with Crippen molar-refractivity contribution in [2.75, 3.05) is 0 Å². The molecule has 0 saturated heterocycles. The van der Waals surface area contributed by atoms with Crippen LogP contribution in [0.15, 0.2) is 22.8 Å². The Morgan fingerprint density at radius 3 is 2.90 bits per heavy atom. The zero-order chi connectivity index (χ0) is 7.56. The molecular formula is C6H7NO3. The minimum absolute atomic E-state index is 0.271. The van der Waals surface area contributed by atoms with Crippen molar-refractivity contribution < 1.29 is 14.3 Å². The van der Waals surface area contributed by atoms with Gasteiger partial charge in [0, 0.05) is 0 Å². The van der Waals surface area contributed by atoms with Crippen molar-refractivity contribution >= 4 is 5.97 Å². The van der Waals surface area contributed by atoms with E-state index in [2.05, 4.69) is 0 Å². The van der Waals surface area contributed by atoms with Gasteiger partial charge in [-0.25, -0.2) is 0 Å². The topological polar surface area (TPSA) is 76.5 Å². The van der Waals surface area contributed by atoms with Crippen LogP contribution in [0.4, 0.5) is 0 Å². The number of carboxylic acids is 1. The van der Waals surface area contributed by atoms with Crippen molar-refractivity contribution in [3.05, 3.63) is 24.2 Å². The zero-order valence-electron chi connectivity index (χ0n) is 5.15. The lowest BCUT2D eigenvalue weighted by molar-refractivity contribution is -0.139. The van der Waals surface area contributed by atoms with E-state index in [1.807, 2.05) is 0 Å². The molecule has 0 aliphatic carbocycles. The molecule has 0 amide bonds. The molecule has 1 aromatic heterocycles. The number of aliphatic carboxylic acids is 1. The molecule has 0 aliphatic heterocycles. The van der Waals surface area contributed by atoms with Gasteiger partial charge in [0.15, 0.2) is 6.04 Å². The monoisotopic (exact) mass is 141 g/mol. The molecule has 0 bridgehead atoms. The lowest BCUT2D eigenvalue weighted by atomic mass is 10.2. The molecule has 0 radical (unpaired) electrons. The Bertz CT molecular complexity index is 217. The van der Waals surface area contributed by atoms with Gasteiger partial charge < -0.3 is 15.3 Å². The maximum absolute atomic E-state index is 10.2. The molecule has 3 N–H and O–H groups in total. The number of rotatable bonds is 2. The summed E-state index contributed by atoms with van der Waals surface area (Å²) in [7, 11) is 0. The van der Waals surface area contributed by atoms with Gasteiger partial charge in [-0.1, -0.05) is 0 Å². The molecule has 10 heavy (non-hydrogen) atoms. The first-order valence-electron chi connectivity index (χ1n) is 2.73. The summed E-state index contributed by atoms with van der Waals surface area (Å²) in [6.45, 7) is 0. The van der Waals surface area contributed by atoms with Crippen LogP contribution in [0.3, 0.4) is 0 Å². The lowest BCUT2D eigenvalue weighted by Gasteiger charge is -1.99. The normalized spacial score (nSPS) is 12.9. The van der Waals surface area contributed by atoms with E-state index < -0.39 is 12.0 Å². The van der Waals surface area contributed by atoms with Crippen LogP contribution in [0.25, 0.3) is 0 Å². The minimum Gasteiger partial charge on any atom is -0.480 e. The van der Waals surface area contributed by atoms with Crippen LogP contribution in [-0.2, 0) is 4.79 Å². The van der Waals surface area contributed by atoms with Gasteiger partial charge in [0.25, 0.3) is 0 Å². The van der Waals surface area contributed by atoms with Crippen LogP contribution >= 0.6 is 0 Å². The third-order valence-corrected chi connectivity index (χ3v) is 1.12. The molecule has 1 rings (SSSR count). The van der Waals surface area contributed by atoms with E-state index in [9.17, 15) is 4.79 Å². The highest BCUT2D eigenvalue weighted by Crippen LogP contribution is 2.09. The Kier molecular flexibility index (Phi) is 1.73. The number of furan rings is 1. The molecule has 1 atom stereocenters. The molecule has 0 saturated carbocycles. The Morgan fingerprint density at radius 2 is 2.50 bits per heavy atom. The molecule has 4 nitrogen and oxygen atoms in total. The average molecular weight is 141 g/mol. The molecule has 1 aromatic rings. The molecule has 0 fully saturated rings. The van der Waals surface area contributed by atoms with Crippen LogP contribution in [0, 0.1) is 0 Å². The lowest BCUT2D eigenvalue weighted by Crippen LogP contribution is -2.19. The van der Waals surface area contributed by atoms with Crippen LogP contribution in [0.5, 0.6) is 0 Å². The number of hydrogen-bond acceptors (Lipinski definition) is 3. The highest BCUT2D eigenvalue weighted by Gasteiger charge is 2.15. The Balaban J connectivity index is 2.77. The average Bonchev–Trinajstić information content (AvgIpc) is 2.36. The highest BCUT2D eigenvalue weighted by molar-refractivity contribution is 5.74. The Labute approximate surface area is 57.3 Å². The predicted molar refractivity (Wildman–Crippen MR) is 33.3 cm³/mol. The summed E-state index contributed by atoms with van der Waals surface area (Å²) in [6.07, 6.45) is 1.39. The van der Waals surface area contributed by atoms with Crippen LogP contribution in [-0.4, -0.2) is 11.1 Å². The van der Waals surface area contributed by atoms with Gasteiger partial charge >= 0.3 is 5.97 Å². The highest BCUT2D eigenvalue weighted by atomic mass is 16.4. The van der Waals surface area contributed by atoms with Crippen LogP contribution in [0.2, 0.25) is 0 Å². The van der Waals surface area contributed by atoms with Gasteiger partial charge in [0.1, 0.15) is 5.76 Å². The second-order valence-electron chi connectivity index (χ2n) is 1.83. The Morgan fingerprint density at radius 1 is 1.80 bits per heavy atom. The van der Waals surface area contributed by atoms with E-state index in [0.29, 0.717) is 0 Å². The standard InChI is InChI=1S/C6H7NO3/c7-5(6(8)9)4-2-1-3-10-4/h1-3,5H,7H2,(H,8,9)/t5-/m0/s1. The summed E-state index contributed by atoms with van der Waals surface area (Å²) in [5.74, 6) is -0.817. The third kappa shape index (κ3) is 1.16. The van der Waals surface area contributed by atoms with E-state index >= 15 is 0 Å². The molecule has 4 heteroatoms. The molecule has 0 unspecified atom stereocenters. The van der Waals surface area contributed by atoms with Crippen LogP contribution < -0.4 is 5.73 Å². The maximum atomic E-state index is 10.2. The minimum atomic E-state index is -1.09. The van der Waals surface area contributed by atoms with Crippen molar-refractivity contribution in [1.29, 1.82) is 0 Å². The van der Waals surface area contributed by atoms with E-state index in [1.165, 1.54) is 12.3 Å². The van der Waals surface area contributed by atoms with E-state index in [0.717, 1.165) is 0 Å². The first-order chi connectivity index (χ1) is 4.72. The molecule has 0 aliphatic rings. The number of carbonyl (C=O) groups is 1. The first kappa shape index (κ1) is 6.82. The van der Waals surface area contributed by atoms with Gasteiger partial charge in [0.2, 0.25) is 0 Å². The molecule has 54 valence electrons. The van der Waals surface area contributed by atoms with E-state index in [-0.39, 0.29) is 5.76 Å². The fraction of sp³-hybridized carbons (Fsp3) is 0.167. The molecular weight excluding hydrogens is 134 g/mol. The van der Waals surface area contributed by atoms with Gasteiger partial charge in [0.05, 0.1) is 6.26 Å². The smallest absolute Gasteiger partial charge is 0.328 e. The number of carboxylic acid groups (broad SMARTS) is 1. The van der Waals surface area contributed by atoms with Crippen molar-refractivity contribution in [2.24, 2.45) is 5.73 Å². The largest absolute Gasteiger partial charge is 0.480 e. The van der Waals surface area contributed by atoms with E-state index in [1.54, 1.807) is 6.07 Å².